The standard InChI is InChI=1S/C16H24N2O2S/c1-12(2)17-10-13-4-3-5-16(9-13)21(19,20)18-11-14-6-7-15(18)8-14/h3-5,9,12,14-15,17H,6-8,10-11H2,1-2H3. The van der Waals surface area contributed by atoms with Gasteiger partial charge in [0.2, 0.25) is 10.0 Å². The Morgan fingerprint density at radius 3 is 2.76 bits per heavy atom. The van der Waals surface area contributed by atoms with E-state index in [1.807, 2.05) is 18.2 Å². The number of nitrogens with one attached hydrogen (secondary N) is 1. The predicted octanol–water partition coefficient (Wildman–Crippen LogP) is 2.36. The summed E-state index contributed by atoms with van der Waals surface area (Å²) in [6.07, 6.45) is 3.27. The molecule has 5 heteroatoms. The maximum atomic E-state index is 12.8. The first-order valence-electron chi connectivity index (χ1n) is 7.81. The van der Waals surface area contributed by atoms with Gasteiger partial charge in [0.1, 0.15) is 0 Å². The molecule has 116 valence electrons. The van der Waals surface area contributed by atoms with Crippen molar-refractivity contribution in [3.8, 4) is 0 Å². The summed E-state index contributed by atoms with van der Waals surface area (Å²) in [5.74, 6) is 0.579. The summed E-state index contributed by atoms with van der Waals surface area (Å²) in [5.41, 5.74) is 1.02. The highest BCUT2D eigenvalue weighted by molar-refractivity contribution is 7.89. The third-order valence-corrected chi connectivity index (χ3v) is 6.49. The lowest BCUT2D eigenvalue weighted by molar-refractivity contribution is 0.333. The quantitative estimate of drug-likeness (QED) is 0.908. The molecule has 1 N–H and O–H groups in total. The van der Waals surface area contributed by atoms with E-state index < -0.39 is 10.0 Å². The van der Waals surface area contributed by atoms with Crippen molar-refractivity contribution >= 4 is 10.0 Å². The molecule has 2 bridgehead atoms. The van der Waals surface area contributed by atoms with E-state index in [9.17, 15) is 8.42 Å². The highest BCUT2D eigenvalue weighted by Crippen LogP contribution is 2.40. The summed E-state index contributed by atoms with van der Waals surface area (Å²) < 4.78 is 27.4. The second-order valence-electron chi connectivity index (χ2n) is 6.59. The van der Waals surface area contributed by atoms with Gasteiger partial charge < -0.3 is 5.32 Å². The Morgan fingerprint density at radius 1 is 1.33 bits per heavy atom. The van der Waals surface area contributed by atoms with Crippen molar-refractivity contribution in [1.29, 1.82) is 0 Å². The van der Waals surface area contributed by atoms with E-state index in [1.165, 1.54) is 6.42 Å². The smallest absolute Gasteiger partial charge is 0.243 e. The summed E-state index contributed by atoms with van der Waals surface area (Å²) >= 11 is 0. The van der Waals surface area contributed by atoms with Gasteiger partial charge in [-0.1, -0.05) is 26.0 Å². The Labute approximate surface area is 127 Å². The van der Waals surface area contributed by atoms with Crippen molar-refractivity contribution in [3.63, 3.8) is 0 Å². The lowest BCUT2D eigenvalue weighted by Gasteiger charge is -2.26. The number of rotatable bonds is 5. The zero-order valence-electron chi connectivity index (χ0n) is 12.7. The van der Waals surface area contributed by atoms with Gasteiger partial charge in [0.25, 0.3) is 0 Å². The Hall–Kier alpha value is -0.910. The topological polar surface area (TPSA) is 49.4 Å². The Morgan fingerprint density at radius 2 is 2.14 bits per heavy atom. The van der Waals surface area contributed by atoms with Crippen LogP contribution in [0.5, 0.6) is 0 Å². The second kappa shape index (κ2) is 5.71. The van der Waals surface area contributed by atoms with Gasteiger partial charge in [0.15, 0.2) is 0 Å². The molecule has 2 unspecified atom stereocenters. The molecule has 1 aromatic carbocycles. The van der Waals surface area contributed by atoms with E-state index in [-0.39, 0.29) is 6.04 Å². The number of benzene rings is 1. The zero-order valence-corrected chi connectivity index (χ0v) is 13.6. The minimum absolute atomic E-state index is 0.234. The van der Waals surface area contributed by atoms with E-state index in [4.69, 9.17) is 0 Å². The number of fused-ring (bicyclic) bond motifs is 2. The Bertz CT molecular complexity index is 612. The minimum Gasteiger partial charge on any atom is -0.310 e. The number of sulfonamides is 1. The molecule has 1 saturated carbocycles. The average Bonchev–Trinajstić information content (AvgIpc) is 3.08. The molecule has 1 saturated heterocycles. The number of hydrogen-bond donors (Lipinski definition) is 1. The van der Waals surface area contributed by atoms with Crippen molar-refractivity contribution in [2.24, 2.45) is 5.92 Å². The van der Waals surface area contributed by atoms with Gasteiger partial charge in [-0.25, -0.2) is 8.42 Å². The van der Waals surface area contributed by atoms with Crippen LogP contribution in [0.4, 0.5) is 0 Å². The van der Waals surface area contributed by atoms with Crippen LogP contribution in [0.15, 0.2) is 29.2 Å². The highest BCUT2D eigenvalue weighted by atomic mass is 32.2. The lowest BCUT2D eigenvalue weighted by atomic mass is 10.1. The van der Waals surface area contributed by atoms with Gasteiger partial charge in [0.05, 0.1) is 4.90 Å². The maximum absolute atomic E-state index is 12.8. The third-order valence-electron chi connectivity index (χ3n) is 4.58. The van der Waals surface area contributed by atoms with Crippen LogP contribution < -0.4 is 5.32 Å². The van der Waals surface area contributed by atoms with E-state index >= 15 is 0 Å². The first-order valence-corrected chi connectivity index (χ1v) is 9.25. The first kappa shape index (κ1) is 15.0. The normalized spacial score (nSPS) is 25.9. The number of hydrogen-bond acceptors (Lipinski definition) is 3. The molecule has 21 heavy (non-hydrogen) atoms. The lowest BCUT2D eigenvalue weighted by Crippen LogP contribution is -2.37. The van der Waals surface area contributed by atoms with Crippen LogP contribution in [-0.2, 0) is 16.6 Å². The first-order chi connectivity index (χ1) is 9.96. The van der Waals surface area contributed by atoms with E-state index in [2.05, 4.69) is 19.2 Å². The molecule has 1 aliphatic heterocycles. The van der Waals surface area contributed by atoms with Crippen LogP contribution in [0, 0.1) is 5.92 Å². The molecular formula is C16H24N2O2S. The SMILES string of the molecule is CC(C)NCc1cccc(S(=O)(=O)N2CC3CCC2C3)c1. The molecule has 0 spiro atoms. The molecule has 0 radical (unpaired) electrons. The molecule has 4 nitrogen and oxygen atoms in total. The fourth-order valence-corrected chi connectivity index (χ4v) is 5.26. The molecule has 1 heterocycles. The van der Waals surface area contributed by atoms with E-state index in [1.54, 1.807) is 10.4 Å². The molecular weight excluding hydrogens is 284 g/mol. The maximum Gasteiger partial charge on any atom is 0.243 e. The highest BCUT2D eigenvalue weighted by Gasteiger charge is 2.44. The molecule has 1 aliphatic carbocycles. The van der Waals surface area contributed by atoms with Crippen LogP contribution in [0.2, 0.25) is 0 Å². The molecule has 2 fully saturated rings. The predicted molar refractivity (Wildman–Crippen MR) is 83.4 cm³/mol. The number of nitrogens with zero attached hydrogens (tertiary/aromatic N) is 1. The summed E-state index contributed by atoms with van der Waals surface area (Å²) in [6.45, 7) is 5.58. The van der Waals surface area contributed by atoms with Crippen molar-refractivity contribution in [2.75, 3.05) is 6.54 Å². The monoisotopic (exact) mass is 308 g/mol. The largest absolute Gasteiger partial charge is 0.310 e. The molecule has 0 amide bonds. The van der Waals surface area contributed by atoms with Crippen LogP contribution in [0.1, 0.15) is 38.7 Å². The van der Waals surface area contributed by atoms with Crippen molar-refractivity contribution in [2.45, 2.75) is 56.6 Å². The van der Waals surface area contributed by atoms with Crippen molar-refractivity contribution in [3.05, 3.63) is 29.8 Å². The van der Waals surface area contributed by atoms with Crippen molar-refractivity contribution in [1.82, 2.24) is 9.62 Å². The van der Waals surface area contributed by atoms with Gasteiger partial charge in [-0.15, -0.1) is 0 Å². The molecule has 3 rings (SSSR count). The Kier molecular flexibility index (Phi) is 4.08. The fraction of sp³-hybridized carbons (Fsp3) is 0.625. The molecule has 1 aromatic rings. The van der Waals surface area contributed by atoms with Gasteiger partial charge in [-0.2, -0.15) is 4.31 Å². The average molecular weight is 308 g/mol. The Balaban J connectivity index is 1.80. The molecule has 2 atom stereocenters. The third kappa shape index (κ3) is 3.00. The fourth-order valence-electron chi connectivity index (χ4n) is 3.45. The zero-order chi connectivity index (χ0) is 15.0. The molecule has 0 aromatic heterocycles. The summed E-state index contributed by atoms with van der Waals surface area (Å²) in [5, 5.41) is 3.33. The van der Waals surface area contributed by atoms with Crippen molar-refractivity contribution < 1.29 is 8.42 Å². The van der Waals surface area contributed by atoms with Crippen LogP contribution in [0.3, 0.4) is 0 Å². The van der Waals surface area contributed by atoms with Crippen LogP contribution in [0.25, 0.3) is 0 Å². The second-order valence-corrected chi connectivity index (χ2v) is 8.48. The van der Waals surface area contributed by atoms with Crippen LogP contribution in [-0.4, -0.2) is 31.4 Å². The number of piperidine rings is 1. The van der Waals surface area contributed by atoms with E-state index in [0.29, 0.717) is 29.9 Å². The summed E-state index contributed by atoms with van der Waals surface area (Å²) in [7, 11) is -3.33. The van der Waals surface area contributed by atoms with Gasteiger partial charge in [0, 0.05) is 25.2 Å². The minimum atomic E-state index is -3.33. The van der Waals surface area contributed by atoms with Gasteiger partial charge in [-0.05, 0) is 42.9 Å². The van der Waals surface area contributed by atoms with Gasteiger partial charge in [-0.3, -0.25) is 0 Å². The summed E-state index contributed by atoms with van der Waals surface area (Å²) in [6, 6.07) is 7.98. The summed E-state index contributed by atoms with van der Waals surface area (Å²) in [4.78, 5) is 0.443. The van der Waals surface area contributed by atoms with E-state index in [0.717, 1.165) is 18.4 Å². The van der Waals surface area contributed by atoms with Gasteiger partial charge >= 0.3 is 0 Å². The van der Waals surface area contributed by atoms with Crippen LogP contribution >= 0.6 is 0 Å². The molecule has 2 aliphatic rings.